The van der Waals surface area contributed by atoms with Crippen molar-refractivity contribution in [1.29, 1.82) is 0 Å². The molecule has 1 unspecified atom stereocenters. The number of nitrogens with zero attached hydrogens (tertiary/aromatic N) is 2. The average molecular weight is 478 g/mol. The Bertz CT molecular complexity index is 787. The van der Waals surface area contributed by atoms with Crippen LogP contribution in [0.15, 0.2) is 72.9 Å². The molecule has 0 N–H and O–H groups in total. The molecule has 10 heteroatoms. The van der Waals surface area contributed by atoms with E-state index in [2.05, 4.69) is 17.9 Å². The number of halogens is 6. The Morgan fingerprint density at radius 1 is 0.909 bits per heavy atom. The molecule has 0 radical (unpaired) electrons. The van der Waals surface area contributed by atoms with Gasteiger partial charge in [0.2, 0.25) is 0 Å². The summed E-state index contributed by atoms with van der Waals surface area (Å²) in [5.41, 5.74) is 1.77. The van der Waals surface area contributed by atoms with Crippen molar-refractivity contribution in [3.05, 3.63) is 72.9 Å². The van der Waals surface area contributed by atoms with Crippen LogP contribution in [-0.2, 0) is 4.74 Å². The molecule has 0 aliphatic carbocycles. The van der Waals surface area contributed by atoms with Crippen molar-refractivity contribution in [3.8, 4) is 0 Å². The van der Waals surface area contributed by atoms with Crippen LogP contribution in [0.3, 0.4) is 0 Å². The number of alkyl halides is 6. The number of ether oxygens (including phenoxy) is 1. The number of rotatable bonds is 8. The molecule has 1 atom stereocenters. The van der Waals surface area contributed by atoms with E-state index in [1.165, 1.54) is 0 Å². The lowest BCUT2D eigenvalue weighted by Crippen LogP contribution is -2.55. The highest BCUT2D eigenvalue weighted by molar-refractivity contribution is 5.68. The summed E-state index contributed by atoms with van der Waals surface area (Å²) < 4.78 is 80.1. The van der Waals surface area contributed by atoms with E-state index in [1.54, 1.807) is 18.2 Å². The van der Waals surface area contributed by atoms with Crippen LogP contribution in [-0.4, -0.2) is 66.6 Å². The predicted octanol–water partition coefficient (Wildman–Crippen LogP) is 5.98. The van der Waals surface area contributed by atoms with Gasteiger partial charge in [-0.3, -0.25) is 4.90 Å². The van der Waals surface area contributed by atoms with Crippen molar-refractivity contribution in [3.63, 3.8) is 0 Å². The Balaban J connectivity index is 3.08. The molecule has 0 aromatic heterocycles. The maximum absolute atomic E-state index is 12.7. The Morgan fingerprint density at radius 2 is 1.48 bits per heavy atom. The zero-order chi connectivity index (χ0) is 25.2. The van der Waals surface area contributed by atoms with E-state index in [1.807, 2.05) is 49.1 Å². The molecule has 0 aromatic rings. The largest absolute Gasteiger partial charge is 0.434 e. The van der Waals surface area contributed by atoms with E-state index in [-0.39, 0.29) is 32.2 Å². The molecular formula is C23H28F6N2O2. The van der Waals surface area contributed by atoms with E-state index in [0.717, 1.165) is 16.0 Å². The van der Waals surface area contributed by atoms with Crippen LogP contribution in [0.4, 0.5) is 31.1 Å². The Labute approximate surface area is 189 Å². The predicted molar refractivity (Wildman–Crippen MR) is 116 cm³/mol. The van der Waals surface area contributed by atoms with Crippen LogP contribution in [0, 0.1) is 0 Å². The summed E-state index contributed by atoms with van der Waals surface area (Å²) in [6, 6.07) is -0.281. The van der Waals surface area contributed by atoms with Crippen LogP contribution < -0.4 is 0 Å². The second-order valence-corrected chi connectivity index (χ2v) is 7.06. The fraction of sp³-hybridized carbons (Fsp3) is 0.435. The molecule has 1 heterocycles. The van der Waals surface area contributed by atoms with E-state index in [0.29, 0.717) is 0 Å². The number of allylic oxidation sites excluding steroid dienone is 6. The second kappa shape index (κ2) is 12.5. The van der Waals surface area contributed by atoms with Gasteiger partial charge in [-0.1, -0.05) is 61.8 Å². The normalized spacial score (nSPS) is 18.3. The summed E-state index contributed by atoms with van der Waals surface area (Å²) in [7, 11) is 0. The quantitative estimate of drug-likeness (QED) is 0.318. The average Bonchev–Trinajstić information content (AvgIpc) is 2.73. The first kappa shape index (κ1) is 28.3. The van der Waals surface area contributed by atoms with Gasteiger partial charge in [0.1, 0.15) is 0 Å². The number of hydrogen-bond donors (Lipinski definition) is 0. The highest BCUT2D eigenvalue weighted by atomic mass is 19.4. The maximum atomic E-state index is 12.7. The minimum Gasteiger partial charge on any atom is -0.426 e. The molecule has 0 spiro atoms. The molecule has 1 rings (SSSR count). The summed E-state index contributed by atoms with van der Waals surface area (Å²) in [6.07, 6.45) is -3.06. The fourth-order valence-electron chi connectivity index (χ4n) is 3.36. The van der Waals surface area contributed by atoms with E-state index < -0.39 is 24.5 Å². The van der Waals surface area contributed by atoms with Crippen molar-refractivity contribution in [2.24, 2.45) is 0 Å². The smallest absolute Gasteiger partial charge is 0.426 e. The third kappa shape index (κ3) is 8.27. The minimum absolute atomic E-state index is 0.100. The SMILES string of the molecule is C=C/C=C\C(=C/C)C(C(/C=C\C)=C/C=C)N1CCN(C(=O)OC(C(F)(F)F)C(F)(F)F)CC1. The highest BCUT2D eigenvalue weighted by Crippen LogP contribution is 2.36. The number of carbonyl (C=O) groups excluding carboxylic acids is 1. The molecule has 33 heavy (non-hydrogen) atoms. The summed E-state index contributed by atoms with van der Waals surface area (Å²) in [5, 5.41) is 0. The van der Waals surface area contributed by atoms with Crippen LogP contribution in [0.25, 0.3) is 0 Å². The zero-order valence-electron chi connectivity index (χ0n) is 18.5. The molecule has 0 saturated carbocycles. The summed E-state index contributed by atoms with van der Waals surface area (Å²) in [5.74, 6) is 0. The summed E-state index contributed by atoms with van der Waals surface area (Å²) in [6.45, 7) is 11.3. The number of piperazine rings is 1. The monoisotopic (exact) mass is 478 g/mol. The van der Waals surface area contributed by atoms with Gasteiger partial charge in [0, 0.05) is 26.2 Å². The first-order chi connectivity index (χ1) is 15.4. The Morgan fingerprint density at radius 3 is 1.91 bits per heavy atom. The van der Waals surface area contributed by atoms with Crippen LogP contribution in [0.5, 0.6) is 0 Å². The van der Waals surface area contributed by atoms with Gasteiger partial charge in [0.05, 0.1) is 6.04 Å². The number of amides is 1. The molecule has 1 aliphatic heterocycles. The zero-order valence-corrected chi connectivity index (χ0v) is 18.5. The van der Waals surface area contributed by atoms with Crippen molar-refractivity contribution in [2.45, 2.75) is 38.3 Å². The van der Waals surface area contributed by atoms with Gasteiger partial charge in [-0.2, -0.15) is 26.3 Å². The second-order valence-electron chi connectivity index (χ2n) is 7.06. The van der Waals surface area contributed by atoms with Crippen molar-refractivity contribution in [1.82, 2.24) is 9.80 Å². The highest BCUT2D eigenvalue weighted by Gasteiger charge is 2.60. The van der Waals surface area contributed by atoms with Crippen molar-refractivity contribution in [2.75, 3.05) is 26.2 Å². The maximum Gasteiger partial charge on any atom is 0.434 e. The first-order valence-electron chi connectivity index (χ1n) is 10.1. The molecule has 1 saturated heterocycles. The lowest BCUT2D eigenvalue weighted by Gasteiger charge is -2.40. The first-order valence-corrected chi connectivity index (χ1v) is 10.1. The number of carbonyl (C=O) groups is 1. The molecular weight excluding hydrogens is 450 g/mol. The molecule has 1 aliphatic rings. The van der Waals surface area contributed by atoms with Gasteiger partial charge in [-0.15, -0.1) is 0 Å². The number of hydrogen-bond acceptors (Lipinski definition) is 3. The van der Waals surface area contributed by atoms with Gasteiger partial charge in [0.15, 0.2) is 0 Å². The van der Waals surface area contributed by atoms with Gasteiger partial charge in [-0.05, 0) is 25.0 Å². The molecule has 184 valence electrons. The minimum atomic E-state index is -5.75. The molecule has 1 fully saturated rings. The lowest BCUT2D eigenvalue weighted by molar-refractivity contribution is -0.308. The molecule has 1 amide bonds. The van der Waals surface area contributed by atoms with Crippen LogP contribution >= 0.6 is 0 Å². The third-order valence-electron chi connectivity index (χ3n) is 4.81. The van der Waals surface area contributed by atoms with Gasteiger partial charge < -0.3 is 9.64 Å². The van der Waals surface area contributed by atoms with Crippen molar-refractivity contribution < 1.29 is 35.9 Å². The van der Waals surface area contributed by atoms with Crippen molar-refractivity contribution >= 4 is 6.09 Å². The lowest BCUT2D eigenvalue weighted by atomic mass is 9.94. The summed E-state index contributed by atoms with van der Waals surface area (Å²) >= 11 is 0. The van der Waals surface area contributed by atoms with Crippen LogP contribution in [0.2, 0.25) is 0 Å². The van der Waals surface area contributed by atoms with Gasteiger partial charge in [-0.25, -0.2) is 4.79 Å². The standard InChI is InChI=1S/C23H28F6N2O2/c1-5-9-12-17(8-4)19(18(10-6-2)11-7-3)30-13-15-31(16-14-30)21(32)33-20(22(24,25)26)23(27,28)29/h5-12,19-20H,1-2,13-16H2,3-4H3/b11-7-,12-9-,17-8+,18-10+. The van der Waals surface area contributed by atoms with E-state index >= 15 is 0 Å². The van der Waals surface area contributed by atoms with Gasteiger partial charge >= 0.3 is 18.4 Å². The Kier molecular flexibility index (Phi) is 10.7. The molecule has 4 nitrogen and oxygen atoms in total. The fourth-order valence-corrected chi connectivity index (χ4v) is 3.36. The Hall–Kier alpha value is -2.75. The third-order valence-corrected chi connectivity index (χ3v) is 4.81. The van der Waals surface area contributed by atoms with Gasteiger partial charge in [0.25, 0.3) is 6.10 Å². The molecule has 0 aromatic carbocycles. The van der Waals surface area contributed by atoms with E-state index in [4.69, 9.17) is 0 Å². The summed E-state index contributed by atoms with van der Waals surface area (Å²) in [4.78, 5) is 14.9. The van der Waals surface area contributed by atoms with Crippen LogP contribution in [0.1, 0.15) is 13.8 Å². The van der Waals surface area contributed by atoms with E-state index in [9.17, 15) is 31.1 Å². The topological polar surface area (TPSA) is 32.8 Å². The molecule has 0 bridgehead atoms.